The van der Waals surface area contributed by atoms with E-state index in [2.05, 4.69) is 29.2 Å². The molecular formula is C21H32N4O3. The van der Waals surface area contributed by atoms with Gasteiger partial charge in [0.25, 0.3) is 0 Å². The Balaban J connectivity index is 2.40. The van der Waals surface area contributed by atoms with Gasteiger partial charge in [-0.15, -0.1) is 0 Å². The number of carbonyl (C=O) groups is 1. The summed E-state index contributed by atoms with van der Waals surface area (Å²) in [7, 11) is 1.67. The number of rotatable bonds is 11. The van der Waals surface area contributed by atoms with Crippen LogP contribution >= 0.6 is 0 Å². The highest BCUT2D eigenvalue weighted by molar-refractivity contribution is 5.75. The highest BCUT2D eigenvalue weighted by Crippen LogP contribution is 2.32. The Hall–Kier alpha value is -2.54. The van der Waals surface area contributed by atoms with Crippen LogP contribution < -0.4 is 10.2 Å². The van der Waals surface area contributed by atoms with Crippen molar-refractivity contribution in [1.29, 1.82) is 0 Å². The number of nitrogens with one attached hydrogen (secondary N) is 1. The summed E-state index contributed by atoms with van der Waals surface area (Å²) in [5, 5.41) is 7.26. The number of benzene rings is 1. The van der Waals surface area contributed by atoms with Gasteiger partial charge in [-0.05, 0) is 27.2 Å². The molecule has 7 nitrogen and oxygen atoms in total. The van der Waals surface area contributed by atoms with Gasteiger partial charge in [-0.25, -0.2) is 4.79 Å². The van der Waals surface area contributed by atoms with E-state index in [1.165, 1.54) is 0 Å². The molecule has 1 N–H and O–H groups in total. The minimum atomic E-state index is -0.0932. The van der Waals surface area contributed by atoms with Gasteiger partial charge in [0, 0.05) is 45.5 Å². The van der Waals surface area contributed by atoms with E-state index in [0.717, 1.165) is 42.2 Å². The molecule has 0 spiro atoms. The number of ether oxygens (including phenoxy) is 1. The molecule has 0 aliphatic carbocycles. The fourth-order valence-corrected chi connectivity index (χ4v) is 3.13. The van der Waals surface area contributed by atoms with Crippen molar-refractivity contribution < 1.29 is 14.1 Å². The number of hydrogen-bond donors (Lipinski definition) is 1. The summed E-state index contributed by atoms with van der Waals surface area (Å²) in [6.45, 7) is 9.89. The molecule has 0 radical (unpaired) electrons. The molecule has 0 unspecified atom stereocenters. The van der Waals surface area contributed by atoms with Crippen LogP contribution in [0.2, 0.25) is 0 Å². The minimum Gasteiger partial charge on any atom is -0.385 e. The van der Waals surface area contributed by atoms with Crippen molar-refractivity contribution >= 4 is 11.9 Å². The summed E-state index contributed by atoms with van der Waals surface area (Å²) in [4.78, 5) is 16.6. The fraction of sp³-hybridized carbons (Fsp3) is 0.524. The Labute approximate surface area is 167 Å². The summed E-state index contributed by atoms with van der Waals surface area (Å²) in [6, 6.07) is 9.85. The predicted molar refractivity (Wildman–Crippen MR) is 111 cm³/mol. The van der Waals surface area contributed by atoms with Gasteiger partial charge in [0.15, 0.2) is 0 Å². The maximum atomic E-state index is 12.6. The van der Waals surface area contributed by atoms with Crippen LogP contribution in [0.4, 0.5) is 10.7 Å². The fourth-order valence-electron chi connectivity index (χ4n) is 3.13. The number of methoxy groups -OCH3 is 1. The van der Waals surface area contributed by atoms with E-state index in [1.807, 2.05) is 37.3 Å². The molecule has 1 aromatic carbocycles. The largest absolute Gasteiger partial charge is 0.385 e. The van der Waals surface area contributed by atoms with Gasteiger partial charge in [0.05, 0.1) is 12.1 Å². The maximum absolute atomic E-state index is 12.6. The summed E-state index contributed by atoms with van der Waals surface area (Å²) in [5.41, 5.74) is 2.69. The lowest BCUT2D eigenvalue weighted by Gasteiger charge is -2.25. The Morgan fingerprint density at radius 1 is 1.18 bits per heavy atom. The van der Waals surface area contributed by atoms with E-state index < -0.39 is 0 Å². The van der Waals surface area contributed by atoms with E-state index in [4.69, 9.17) is 9.26 Å². The minimum absolute atomic E-state index is 0.0932. The first-order valence-corrected chi connectivity index (χ1v) is 9.96. The molecule has 0 saturated carbocycles. The summed E-state index contributed by atoms with van der Waals surface area (Å²) >= 11 is 0. The third kappa shape index (κ3) is 5.48. The summed E-state index contributed by atoms with van der Waals surface area (Å²) < 4.78 is 10.9. The van der Waals surface area contributed by atoms with Crippen molar-refractivity contribution in [2.24, 2.45) is 0 Å². The molecule has 0 atom stereocenters. The van der Waals surface area contributed by atoms with Crippen LogP contribution in [0.1, 0.15) is 32.8 Å². The van der Waals surface area contributed by atoms with Crippen LogP contribution in [0.3, 0.4) is 0 Å². The van der Waals surface area contributed by atoms with Crippen LogP contribution in [0, 0.1) is 0 Å². The van der Waals surface area contributed by atoms with Crippen molar-refractivity contribution in [1.82, 2.24) is 15.4 Å². The number of anilines is 1. The number of aromatic nitrogens is 1. The monoisotopic (exact) mass is 388 g/mol. The molecule has 154 valence electrons. The SMILES string of the molecule is CCNC(=O)N(CCCOC)Cc1c(-c2ccccc2)noc1N(CC)CC. The second-order valence-electron chi connectivity index (χ2n) is 6.46. The zero-order chi connectivity index (χ0) is 20.4. The second kappa shape index (κ2) is 11.3. The first-order valence-electron chi connectivity index (χ1n) is 9.96. The lowest BCUT2D eigenvalue weighted by atomic mass is 10.1. The molecule has 0 bridgehead atoms. The Morgan fingerprint density at radius 3 is 2.50 bits per heavy atom. The molecule has 0 fully saturated rings. The van der Waals surface area contributed by atoms with Gasteiger partial charge in [0.1, 0.15) is 5.69 Å². The maximum Gasteiger partial charge on any atom is 0.317 e. The number of nitrogens with zero attached hydrogens (tertiary/aromatic N) is 3. The highest BCUT2D eigenvalue weighted by Gasteiger charge is 2.25. The van der Waals surface area contributed by atoms with Gasteiger partial charge in [-0.3, -0.25) is 0 Å². The van der Waals surface area contributed by atoms with Crippen LogP contribution in [-0.2, 0) is 11.3 Å². The predicted octanol–water partition coefficient (Wildman–Crippen LogP) is 3.76. The van der Waals surface area contributed by atoms with Crippen molar-refractivity contribution in [2.45, 2.75) is 33.7 Å². The molecule has 2 rings (SSSR count). The third-order valence-corrected chi connectivity index (χ3v) is 4.61. The number of urea groups is 1. The second-order valence-corrected chi connectivity index (χ2v) is 6.46. The van der Waals surface area contributed by atoms with Crippen molar-refractivity contribution in [3.63, 3.8) is 0 Å². The van der Waals surface area contributed by atoms with Gasteiger partial charge in [-0.2, -0.15) is 0 Å². The van der Waals surface area contributed by atoms with Gasteiger partial charge >= 0.3 is 6.03 Å². The number of amides is 2. The van der Waals surface area contributed by atoms with E-state index in [1.54, 1.807) is 12.0 Å². The van der Waals surface area contributed by atoms with Gasteiger partial charge < -0.3 is 24.4 Å². The first-order chi connectivity index (χ1) is 13.7. The van der Waals surface area contributed by atoms with Crippen molar-refractivity contribution in [3.8, 4) is 11.3 Å². The van der Waals surface area contributed by atoms with Gasteiger partial charge in [-0.1, -0.05) is 35.5 Å². The van der Waals surface area contributed by atoms with Gasteiger partial charge in [0.2, 0.25) is 5.88 Å². The molecular weight excluding hydrogens is 356 g/mol. The average Bonchev–Trinajstić information content (AvgIpc) is 3.12. The molecule has 1 aromatic heterocycles. The summed E-state index contributed by atoms with van der Waals surface area (Å²) in [5.74, 6) is 0.727. The lowest BCUT2D eigenvalue weighted by molar-refractivity contribution is 0.166. The molecule has 0 aliphatic rings. The zero-order valence-electron chi connectivity index (χ0n) is 17.4. The zero-order valence-corrected chi connectivity index (χ0v) is 17.4. The third-order valence-electron chi connectivity index (χ3n) is 4.61. The molecule has 7 heteroatoms. The van der Waals surface area contributed by atoms with E-state index in [0.29, 0.717) is 26.2 Å². The van der Waals surface area contributed by atoms with Crippen LogP contribution in [0.5, 0.6) is 0 Å². The smallest absolute Gasteiger partial charge is 0.317 e. The standard InChI is InChI=1S/C21H32N4O3/c1-5-22-21(26)25(14-11-15-27-4)16-18-19(17-12-9-8-10-13-17)23-28-20(18)24(6-2)7-3/h8-10,12-13H,5-7,11,14-16H2,1-4H3,(H,22,26). The quantitative estimate of drug-likeness (QED) is 0.594. The average molecular weight is 389 g/mol. The molecule has 28 heavy (non-hydrogen) atoms. The molecule has 1 heterocycles. The molecule has 2 amide bonds. The van der Waals surface area contributed by atoms with Crippen molar-refractivity contribution in [3.05, 3.63) is 35.9 Å². The molecule has 2 aromatic rings. The Bertz CT molecular complexity index is 714. The van der Waals surface area contributed by atoms with E-state index in [-0.39, 0.29) is 6.03 Å². The number of hydrogen-bond acceptors (Lipinski definition) is 5. The topological polar surface area (TPSA) is 70.8 Å². The first kappa shape index (κ1) is 21.8. The van der Waals surface area contributed by atoms with Crippen LogP contribution in [0.25, 0.3) is 11.3 Å². The normalized spacial score (nSPS) is 10.7. The van der Waals surface area contributed by atoms with E-state index >= 15 is 0 Å². The van der Waals surface area contributed by atoms with Crippen molar-refractivity contribution in [2.75, 3.05) is 44.8 Å². The van der Waals surface area contributed by atoms with E-state index in [9.17, 15) is 4.79 Å². The molecule has 0 aliphatic heterocycles. The highest BCUT2D eigenvalue weighted by atomic mass is 16.5. The van der Waals surface area contributed by atoms with Crippen LogP contribution in [0.15, 0.2) is 34.9 Å². The summed E-state index contributed by atoms with van der Waals surface area (Å²) in [6.07, 6.45) is 0.764. The number of carbonyl (C=O) groups excluding carboxylic acids is 1. The van der Waals surface area contributed by atoms with Crippen LogP contribution in [-0.4, -0.2) is 56.0 Å². The Kier molecular flexibility index (Phi) is 8.81. The molecule has 0 saturated heterocycles. The lowest BCUT2D eigenvalue weighted by Crippen LogP contribution is -2.40. The Morgan fingerprint density at radius 2 is 1.89 bits per heavy atom.